The molecule has 0 spiro atoms. The predicted octanol–water partition coefficient (Wildman–Crippen LogP) is 4.00. The number of nitrogens with zero attached hydrogens (tertiary/aromatic N) is 1. The molecule has 10 heteroatoms. The highest BCUT2D eigenvalue weighted by Gasteiger charge is 2.37. The van der Waals surface area contributed by atoms with Gasteiger partial charge in [-0.3, -0.25) is 19.3 Å². The van der Waals surface area contributed by atoms with Crippen molar-refractivity contribution >= 4 is 23.4 Å². The number of benzene rings is 4. The van der Waals surface area contributed by atoms with E-state index < -0.39 is 23.9 Å². The minimum Gasteiger partial charge on any atom is -0.487 e. The third-order valence-electron chi connectivity index (χ3n) is 7.53. The van der Waals surface area contributed by atoms with E-state index >= 15 is 4.39 Å². The maximum absolute atomic E-state index is 15.0. The molecule has 44 heavy (non-hydrogen) atoms. The minimum absolute atomic E-state index is 0.0853. The summed E-state index contributed by atoms with van der Waals surface area (Å²) in [4.78, 5) is 40.6. The number of amides is 3. The van der Waals surface area contributed by atoms with Gasteiger partial charge in [0.05, 0.1) is 18.2 Å². The van der Waals surface area contributed by atoms with Crippen molar-refractivity contribution in [1.82, 2.24) is 15.5 Å². The van der Waals surface area contributed by atoms with Crippen LogP contribution in [0.5, 0.6) is 11.5 Å². The molecule has 3 aliphatic heterocycles. The van der Waals surface area contributed by atoms with E-state index in [4.69, 9.17) is 9.47 Å². The van der Waals surface area contributed by atoms with Crippen LogP contribution in [-0.4, -0.2) is 61.0 Å². The Labute approximate surface area is 254 Å². The van der Waals surface area contributed by atoms with Crippen molar-refractivity contribution in [3.8, 4) is 22.6 Å². The number of likely N-dealkylation sites (tertiary alicyclic amines) is 1. The highest BCUT2D eigenvalue weighted by Crippen LogP contribution is 2.27. The molecule has 3 aliphatic rings. The van der Waals surface area contributed by atoms with Crippen LogP contribution in [0.4, 0.5) is 10.1 Å². The van der Waals surface area contributed by atoms with E-state index in [1.807, 2.05) is 53.4 Å². The van der Waals surface area contributed by atoms with E-state index in [1.165, 1.54) is 12.1 Å². The van der Waals surface area contributed by atoms with Crippen LogP contribution in [-0.2, 0) is 16.1 Å². The van der Waals surface area contributed by atoms with Gasteiger partial charge in [-0.1, -0.05) is 48.5 Å². The molecule has 1 saturated heterocycles. The summed E-state index contributed by atoms with van der Waals surface area (Å²) >= 11 is 0. The molecular formula is C34H31FN4O5. The highest BCUT2D eigenvalue weighted by atomic mass is 19.1. The summed E-state index contributed by atoms with van der Waals surface area (Å²) in [5, 5.41) is 8.68. The van der Waals surface area contributed by atoms with Gasteiger partial charge < -0.3 is 25.4 Å². The fraction of sp³-hybridized carbons (Fsp3) is 0.206. The lowest BCUT2D eigenvalue weighted by Gasteiger charge is -2.22. The Bertz CT molecular complexity index is 1660. The Morgan fingerprint density at radius 3 is 2.50 bits per heavy atom. The zero-order chi connectivity index (χ0) is 30.5. The van der Waals surface area contributed by atoms with E-state index in [0.717, 1.165) is 5.56 Å². The first-order chi connectivity index (χ1) is 21.4. The van der Waals surface area contributed by atoms with E-state index in [-0.39, 0.29) is 30.5 Å². The van der Waals surface area contributed by atoms with Crippen molar-refractivity contribution in [1.29, 1.82) is 0 Å². The molecule has 0 saturated carbocycles. The first-order valence-electron chi connectivity index (χ1n) is 14.3. The molecule has 1 fully saturated rings. The average molecular weight is 595 g/mol. The predicted molar refractivity (Wildman–Crippen MR) is 163 cm³/mol. The minimum atomic E-state index is -0.664. The first kappa shape index (κ1) is 28.9. The molecule has 2 atom stereocenters. The lowest BCUT2D eigenvalue weighted by molar-refractivity contribution is -0.123. The lowest BCUT2D eigenvalue weighted by atomic mass is 10.0. The van der Waals surface area contributed by atoms with Crippen LogP contribution in [0.2, 0.25) is 0 Å². The molecule has 0 aromatic heterocycles. The maximum atomic E-state index is 15.0. The largest absolute Gasteiger partial charge is 0.487 e. The molecular weight excluding hydrogens is 563 g/mol. The topological polar surface area (TPSA) is 109 Å². The number of para-hydroxylation sites is 1. The van der Waals surface area contributed by atoms with Gasteiger partial charge >= 0.3 is 0 Å². The highest BCUT2D eigenvalue weighted by molar-refractivity contribution is 5.96. The molecule has 9 nitrogen and oxygen atoms in total. The number of nitrogens with one attached hydrogen (secondary N) is 3. The fourth-order valence-electron chi connectivity index (χ4n) is 5.32. The summed E-state index contributed by atoms with van der Waals surface area (Å²) in [7, 11) is 0. The summed E-state index contributed by atoms with van der Waals surface area (Å²) in [5.41, 5.74) is 2.74. The van der Waals surface area contributed by atoms with Crippen molar-refractivity contribution < 1.29 is 28.2 Å². The zero-order valence-corrected chi connectivity index (χ0v) is 23.8. The normalized spacial score (nSPS) is 18.7. The van der Waals surface area contributed by atoms with Gasteiger partial charge in [-0.25, -0.2) is 4.39 Å². The van der Waals surface area contributed by atoms with Crippen molar-refractivity contribution in [3.05, 3.63) is 114 Å². The van der Waals surface area contributed by atoms with Gasteiger partial charge in [0.2, 0.25) is 5.91 Å². The van der Waals surface area contributed by atoms with Gasteiger partial charge in [-0.15, -0.1) is 0 Å². The van der Waals surface area contributed by atoms with Crippen LogP contribution in [0.25, 0.3) is 11.1 Å². The molecule has 7 rings (SSSR count). The molecule has 3 N–H and O–H groups in total. The molecule has 6 bridgehead atoms. The molecule has 224 valence electrons. The van der Waals surface area contributed by atoms with Crippen molar-refractivity contribution in [2.45, 2.75) is 18.7 Å². The standard InChI is InChI=1S/C34H31FN4O5/c35-29-14-11-24-16-28(29)34(42)38-30-18-39(20-32(40)37-25-6-2-1-3-7-25)19-31(30)44-26-12-9-22(10-13-26)17-36-33(41)21-43-27-8-4-5-23(24)15-27/h1-16,30-31H,17-21H2,(H,36,41)(H,37,40)(H,38,42)/t30-,31-/m0/s1. The fourth-order valence-corrected chi connectivity index (χ4v) is 5.32. The molecule has 3 heterocycles. The van der Waals surface area contributed by atoms with Crippen LogP contribution >= 0.6 is 0 Å². The van der Waals surface area contributed by atoms with Gasteiger partial charge in [0.15, 0.2) is 6.61 Å². The summed E-state index contributed by atoms with van der Waals surface area (Å²) in [5.74, 6) is -0.708. The van der Waals surface area contributed by atoms with Crippen molar-refractivity contribution in [3.63, 3.8) is 0 Å². The Balaban J connectivity index is 1.27. The van der Waals surface area contributed by atoms with Crippen LogP contribution in [0.1, 0.15) is 15.9 Å². The van der Waals surface area contributed by atoms with Gasteiger partial charge in [0.25, 0.3) is 11.8 Å². The SMILES string of the molecule is O=C1COc2cccc(c2)-c2ccc(F)c(c2)C(=O)N[C@H]2CN(CC(=O)Nc3ccccc3)C[C@@H]2Oc2ccc(cc2)CN1. The number of anilines is 1. The van der Waals surface area contributed by atoms with E-state index in [2.05, 4.69) is 16.0 Å². The Morgan fingerprint density at radius 2 is 1.68 bits per heavy atom. The Hall–Kier alpha value is -5.22. The Morgan fingerprint density at radius 1 is 0.886 bits per heavy atom. The molecule has 0 unspecified atom stereocenters. The van der Waals surface area contributed by atoms with Crippen LogP contribution in [0.15, 0.2) is 97.1 Å². The number of ether oxygens (including phenoxy) is 2. The van der Waals surface area contributed by atoms with Gasteiger partial charge in [-0.05, 0) is 65.2 Å². The van der Waals surface area contributed by atoms with Crippen LogP contribution in [0, 0.1) is 5.82 Å². The second kappa shape index (κ2) is 13.0. The van der Waals surface area contributed by atoms with Crippen molar-refractivity contribution in [2.75, 3.05) is 31.6 Å². The third-order valence-corrected chi connectivity index (χ3v) is 7.53. The number of halogens is 1. The van der Waals surface area contributed by atoms with Crippen LogP contribution in [0.3, 0.4) is 0 Å². The van der Waals surface area contributed by atoms with Gasteiger partial charge in [0.1, 0.15) is 23.4 Å². The van der Waals surface area contributed by atoms with Crippen LogP contribution < -0.4 is 25.4 Å². The number of hydrogen-bond acceptors (Lipinski definition) is 6. The number of carbonyl (C=O) groups excluding carboxylic acids is 3. The summed E-state index contributed by atoms with van der Waals surface area (Å²) in [6.07, 6.45) is -0.514. The summed E-state index contributed by atoms with van der Waals surface area (Å²) < 4.78 is 27.0. The molecule has 4 aromatic carbocycles. The summed E-state index contributed by atoms with van der Waals surface area (Å²) in [6.45, 7) is 0.906. The smallest absolute Gasteiger partial charge is 0.258 e. The monoisotopic (exact) mass is 594 g/mol. The number of hydrogen-bond donors (Lipinski definition) is 3. The molecule has 0 aliphatic carbocycles. The van der Waals surface area contributed by atoms with E-state index in [0.29, 0.717) is 47.9 Å². The zero-order valence-electron chi connectivity index (χ0n) is 23.8. The summed E-state index contributed by atoms with van der Waals surface area (Å²) in [6, 6.07) is 27.3. The van der Waals surface area contributed by atoms with Crippen molar-refractivity contribution in [2.24, 2.45) is 0 Å². The van der Waals surface area contributed by atoms with E-state index in [9.17, 15) is 14.4 Å². The lowest BCUT2D eigenvalue weighted by Crippen LogP contribution is -2.45. The third kappa shape index (κ3) is 7.04. The number of rotatable bonds is 3. The Kier molecular flexibility index (Phi) is 8.51. The quantitative estimate of drug-likeness (QED) is 0.331. The van der Waals surface area contributed by atoms with E-state index in [1.54, 1.807) is 36.4 Å². The molecule has 0 radical (unpaired) electrons. The van der Waals surface area contributed by atoms with Gasteiger partial charge in [-0.2, -0.15) is 0 Å². The molecule has 4 aromatic rings. The second-order valence-corrected chi connectivity index (χ2v) is 10.8. The first-order valence-corrected chi connectivity index (χ1v) is 14.3. The van der Waals surface area contributed by atoms with Gasteiger partial charge in [0, 0.05) is 25.3 Å². The number of fused-ring (bicyclic) bond motifs is 7. The maximum Gasteiger partial charge on any atom is 0.258 e. The average Bonchev–Trinajstić information content (AvgIpc) is 3.39. The second-order valence-electron chi connectivity index (χ2n) is 10.8. The molecule has 3 amide bonds. The number of carbonyl (C=O) groups is 3.